The Morgan fingerprint density at radius 3 is 2.61 bits per heavy atom. The summed E-state index contributed by atoms with van der Waals surface area (Å²) in [6, 6.07) is 9.60. The molecule has 1 aromatic carbocycles. The van der Waals surface area contributed by atoms with E-state index in [0.29, 0.717) is 0 Å². The zero-order chi connectivity index (χ0) is 13.1. The van der Waals surface area contributed by atoms with Gasteiger partial charge in [-0.2, -0.15) is 5.10 Å². The van der Waals surface area contributed by atoms with Crippen LogP contribution >= 0.6 is 0 Å². The Hall–Kier alpha value is -2.37. The largest absolute Gasteiger partial charge is 0.378 e. The van der Waals surface area contributed by atoms with E-state index in [2.05, 4.69) is 5.10 Å². The number of nitrogens with zero attached hydrogens (tertiary/aromatic N) is 3. The molecule has 0 fully saturated rings. The van der Waals surface area contributed by atoms with Gasteiger partial charge in [0, 0.05) is 0 Å². The van der Waals surface area contributed by atoms with Crippen molar-refractivity contribution < 1.29 is 4.92 Å². The van der Waals surface area contributed by atoms with Gasteiger partial charge in [-0.3, -0.25) is 10.1 Å². The predicted molar refractivity (Wildman–Crippen MR) is 68.2 cm³/mol. The van der Waals surface area contributed by atoms with E-state index in [9.17, 15) is 10.1 Å². The molecule has 6 heteroatoms. The molecule has 1 aromatic heterocycles. The van der Waals surface area contributed by atoms with E-state index < -0.39 is 4.92 Å². The lowest BCUT2D eigenvalue weighted by molar-refractivity contribution is -0.384. The minimum Gasteiger partial charge on any atom is -0.378 e. The van der Waals surface area contributed by atoms with Crippen LogP contribution in [0, 0.1) is 10.1 Å². The molecule has 0 saturated carbocycles. The van der Waals surface area contributed by atoms with Crippen LogP contribution in [0.2, 0.25) is 0 Å². The van der Waals surface area contributed by atoms with E-state index >= 15 is 0 Å². The molecule has 2 N–H and O–H groups in total. The highest BCUT2D eigenvalue weighted by molar-refractivity contribution is 5.52. The quantitative estimate of drug-likeness (QED) is 0.662. The number of anilines is 1. The molecule has 2 rings (SSSR count). The van der Waals surface area contributed by atoms with Gasteiger partial charge in [-0.15, -0.1) is 0 Å². The molecule has 0 saturated heterocycles. The molecule has 18 heavy (non-hydrogen) atoms. The van der Waals surface area contributed by atoms with Crippen LogP contribution in [0.4, 0.5) is 11.5 Å². The third-order valence-corrected chi connectivity index (χ3v) is 2.88. The minimum absolute atomic E-state index is 0.0834. The van der Waals surface area contributed by atoms with Crippen molar-refractivity contribution in [3.05, 3.63) is 52.2 Å². The molecule has 1 heterocycles. The van der Waals surface area contributed by atoms with Crippen LogP contribution in [-0.2, 0) is 0 Å². The Balaban J connectivity index is 2.43. The van der Waals surface area contributed by atoms with Gasteiger partial charge in [0.05, 0.1) is 11.0 Å². The summed E-state index contributed by atoms with van der Waals surface area (Å²) in [7, 11) is 0. The summed E-state index contributed by atoms with van der Waals surface area (Å²) in [5, 5.41) is 14.8. The molecule has 94 valence electrons. The van der Waals surface area contributed by atoms with Gasteiger partial charge in [0.15, 0.2) is 0 Å². The van der Waals surface area contributed by atoms with Crippen molar-refractivity contribution in [2.24, 2.45) is 0 Å². The number of benzene rings is 1. The van der Waals surface area contributed by atoms with Gasteiger partial charge in [-0.05, 0) is 12.0 Å². The van der Waals surface area contributed by atoms with Crippen molar-refractivity contribution in [2.75, 3.05) is 5.73 Å². The van der Waals surface area contributed by atoms with Crippen molar-refractivity contribution in [1.82, 2.24) is 9.78 Å². The Labute approximate surface area is 104 Å². The van der Waals surface area contributed by atoms with Gasteiger partial charge >= 0.3 is 5.69 Å². The maximum absolute atomic E-state index is 10.8. The molecule has 0 amide bonds. The molecule has 0 spiro atoms. The van der Waals surface area contributed by atoms with Gasteiger partial charge in [-0.25, -0.2) is 4.68 Å². The lowest BCUT2D eigenvalue weighted by Crippen LogP contribution is -2.14. The van der Waals surface area contributed by atoms with Crippen molar-refractivity contribution in [3.8, 4) is 0 Å². The molecular weight excluding hydrogens is 232 g/mol. The Kier molecular flexibility index (Phi) is 3.27. The second kappa shape index (κ2) is 4.87. The monoisotopic (exact) mass is 246 g/mol. The Morgan fingerprint density at radius 1 is 1.44 bits per heavy atom. The van der Waals surface area contributed by atoms with Crippen LogP contribution in [0.1, 0.15) is 24.9 Å². The molecule has 0 radical (unpaired) electrons. The second-order valence-electron chi connectivity index (χ2n) is 3.95. The highest BCUT2D eigenvalue weighted by Crippen LogP contribution is 2.28. The van der Waals surface area contributed by atoms with E-state index in [-0.39, 0.29) is 17.5 Å². The number of rotatable bonds is 4. The second-order valence-corrected chi connectivity index (χ2v) is 3.95. The number of hydrogen-bond donors (Lipinski definition) is 1. The molecule has 0 bridgehead atoms. The molecule has 0 aliphatic rings. The fourth-order valence-electron chi connectivity index (χ4n) is 1.98. The van der Waals surface area contributed by atoms with Gasteiger partial charge < -0.3 is 5.73 Å². The van der Waals surface area contributed by atoms with E-state index in [4.69, 9.17) is 5.73 Å². The summed E-state index contributed by atoms with van der Waals surface area (Å²) in [6.07, 6.45) is 1.95. The lowest BCUT2D eigenvalue weighted by atomic mass is 10.1. The Bertz CT molecular complexity index is 550. The highest BCUT2D eigenvalue weighted by atomic mass is 16.6. The zero-order valence-corrected chi connectivity index (χ0v) is 9.98. The first kappa shape index (κ1) is 12.1. The van der Waals surface area contributed by atoms with Crippen LogP contribution in [0.15, 0.2) is 36.5 Å². The average molecular weight is 246 g/mol. The zero-order valence-electron chi connectivity index (χ0n) is 9.98. The van der Waals surface area contributed by atoms with Crippen LogP contribution < -0.4 is 5.73 Å². The number of nitrogens with two attached hydrogens (primary N) is 1. The maximum Gasteiger partial charge on any atom is 0.330 e. The molecule has 1 unspecified atom stereocenters. The molecular formula is C12H14N4O2. The molecule has 0 aliphatic heterocycles. The lowest BCUT2D eigenvalue weighted by Gasteiger charge is -2.16. The average Bonchev–Trinajstić information content (AvgIpc) is 2.74. The molecule has 1 atom stereocenters. The first-order chi connectivity index (χ1) is 8.65. The third kappa shape index (κ3) is 2.04. The standard InChI is InChI=1S/C12H14N4O2/c1-2-10(9-6-4-3-5-7-9)15-12(13)11(8-14-15)16(17)18/h3-8,10H,2,13H2,1H3. The van der Waals surface area contributed by atoms with Crippen LogP contribution in [-0.4, -0.2) is 14.7 Å². The van der Waals surface area contributed by atoms with Gasteiger partial charge in [0.1, 0.15) is 6.20 Å². The fourth-order valence-corrected chi connectivity index (χ4v) is 1.98. The predicted octanol–water partition coefficient (Wildman–Crippen LogP) is 2.37. The first-order valence-electron chi connectivity index (χ1n) is 5.67. The fraction of sp³-hybridized carbons (Fsp3) is 0.250. The summed E-state index contributed by atoms with van der Waals surface area (Å²) in [5.41, 5.74) is 6.66. The van der Waals surface area contributed by atoms with Crippen molar-refractivity contribution in [2.45, 2.75) is 19.4 Å². The van der Waals surface area contributed by atoms with Gasteiger partial charge in [0.2, 0.25) is 5.82 Å². The van der Waals surface area contributed by atoms with Gasteiger partial charge in [-0.1, -0.05) is 37.3 Å². The highest BCUT2D eigenvalue weighted by Gasteiger charge is 2.22. The first-order valence-corrected chi connectivity index (χ1v) is 5.67. The van der Waals surface area contributed by atoms with Crippen molar-refractivity contribution in [1.29, 1.82) is 0 Å². The van der Waals surface area contributed by atoms with Crippen LogP contribution in [0.3, 0.4) is 0 Å². The number of nitro groups is 1. The van der Waals surface area contributed by atoms with Crippen LogP contribution in [0.25, 0.3) is 0 Å². The summed E-state index contributed by atoms with van der Waals surface area (Å²) in [5.74, 6) is 0.0932. The van der Waals surface area contributed by atoms with Crippen molar-refractivity contribution >= 4 is 11.5 Å². The maximum atomic E-state index is 10.8. The molecule has 2 aromatic rings. The SMILES string of the molecule is CCC(c1ccccc1)n1ncc([N+](=O)[O-])c1N. The summed E-state index contributed by atoms with van der Waals surface area (Å²) >= 11 is 0. The topological polar surface area (TPSA) is 87.0 Å². The minimum atomic E-state index is -0.517. The summed E-state index contributed by atoms with van der Waals surface area (Å²) < 4.78 is 1.51. The summed E-state index contributed by atoms with van der Waals surface area (Å²) in [4.78, 5) is 10.2. The van der Waals surface area contributed by atoms with E-state index in [0.717, 1.165) is 12.0 Å². The van der Waals surface area contributed by atoms with E-state index in [1.807, 2.05) is 37.3 Å². The number of aromatic nitrogens is 2. The van der Waals surface area contributed by atoms with Crippen LogP contribution in [0.5, 0.6) is 0 Å². The normalized spacial score (nSPS) is 12.3. The van der Waals surface area contributed by atoms with Crippen molar-refractivity contribution in [3.63, 3.8) is 0 Å². The number of nitrogen functional groups attached to an aromatic ring is 1. The smallest absolute Gasteiger partial charge is 0.330 e. The number of hydrogen-bond acceptors (Lipinski definition) is 4. The molecule has 0 aliphatic carbocycles. The molecule has 6 nitrogen and oxygen atoms in total. The van der Waals surface area contributed by atoms with Gasteiger partial charge in [0.25, 0.3) is 0 Å². The van der Waals surface area contributed by atoms with E-state index in [1.165, 1.54) is 10.9 Å². The van der Waals surface area contributed by atoms with E-state index in [1.54, 1.807) is 0 Å². The summed E-state index contributed by atoms with van der Waals surface area (Å²) in [6.45, 7) is 1.99. The Morgan fingerprint density at radius 2 is 2.11 bits per heavy atom. The third-order valence-electron chi connectivity index (χ3n) is 2.88.